The van der Waals surface area contributed by atoms with Crippen LogP contribution in [0.3, 0.4) is 0 Å². The normalized spacial score (nSPS) is 11.0. The number of aromatic nitrogens is 3. The summed E-state index contributed by atoms with van der Waals surface area (Å²) in [6.45, 7) is 4.11. The number of benzene rings is 1. The van der Waals surface area contributed by atoms with E-state index >= 15 is 0 Å². The molecule has 0 spiro atoms. The largest absolute Gasteiger partial charge is 0.378 e. The van der Waals surface area contributed by atoms with Gasteiger partial charge >= 0.3 is 0 Å². The van der Waals surface area contributed by atoms with Gasteiger partial charge in [0.05, 0.1) is 4.92 Å². The van der Waals surface area contributed by atoms with Crippen molar-refractivity contribution < 1.29 is 4.92 Å². The zero-order valence-electron chi connectivity index (χ0n) is 15.9. The molecule has 2 aromatic heterocycles. The third kappa shape index (κ3) is 6.01. The topological polar surface area (TPSA) is 122 Å². The highest BCUT2D eigenvalue weighted by Crippen LogP contribution is 2.22. The standard InChI is InChI=1S/C18H22N8O2.HI/c1-2-19-18(22-13-17-24-23-16-9-5-6-12-25(16)17)21-11-10-20-14-7-3-4-8-15(14)26(27)28;/h3-9,12,20H,2,10-11,13H2,1H3,(H2,19,21,22);1H. The second-order valence-electron chi connectivity index (χ2n) is 5.87. The van der Waals surface area contributed by atoms with Crippen molar-refractivity contribution >= 4 is 47.0 Å². The fourth-order valence-corrected chi connectivity index (χ4v) is 2.65. The number of pyridine rings is 1. The summed E-state index contributed by atoms with van der Waals surface area (Å²) in [5.41, 5.74) is 1.33. The molecule has 0 amide bonds. The Labute approximate surface area is 185 Å². The van der Waals surface area contributed by atoms with Crippen LogP contribution in [-0.2, 0) is 6.54 Å². The highest BCUT2D eigenvalue weighted by Gasteiger charge is 2.11. The number of nitro benzene ring substituents is 1. The van der Waals surface area contributed by atoms with Crippen LogP contribution in [0.15, 0.2) is 53.7 Å². The molecule has 1 aromatic carbocycles. The molecule has 0 aliphatic carbocycles. The number of fused-ring (bicyclic) bond motifs is 1. The molecule has 3 N–H and O–H groups in total. The summed E-state index contributed by atoms with van der Waals surface area (Å²) < 4.78 is 1.89. The Balaban J connectivity index is 0.00000300. The van der Waals surface area contributed by atoms with Crippen LogP contribution in [0, 0.1) is 10.1 Å². The lowest BCUT2D eigenvalue weighted by Crippen LogP contribution is -2.39. The number of nitrogens with one attached hydrogen (secondary N) is 3. The molecule has 0 saturated carbocycles. The number of halogens is 1. The van der Waals surface area contributed by atoms with Crippen molar-refractivity contribution in [3.63, 3.8) is 0 Å². The number of anilines is 1. The van der Waals surface area contributed by atoms with Crippen molar-refractivity contribution in [3.8, 4) is 0 Å². The van der Waals surface area contributed by atoms with Gasteiger partial charge in [-0.3, -0.25) is 14.5 Å². The molecule has 0 saturated heterocycles. The minimum Gasteiger partial charge on any atom is -0.378 e. The van der Waals surface area contributed by atoms with Gasteiger partial charge in [-0.2, -0.15) is 0 Å². The summed E-state index contributed by atoms with van der Waals surface area (Å²) in [5, 5.41) is 28.8. The van der Waals surface area contributed by atoms with Crippen LogP contribution in [0.5, 0.6) is 0 Å². The number of hydrogen-bond acceptors (Lipinski definition) is 6. The first kappa shape index (κ1) is 22.3. The molecule has 0 unspecified atom stereocenters. The van der Waals surface area contributed by atoms with Crippen LogP contribution in [0.1, 0.15) is 12.7 Å². The highest BCUT2D eigenvalue weighted by molar-refractivity contribution is 14.0. The third-order valence-electron chi connectivity index (χ3n) is 3.94. The second kappa shape index (κ2) is 11.1. The molecule has 154 valence electrons. The molecule has 2 heterocycles. The molecule has 0 aliphatic rings. The molecule has 0 aliphatic heterocycles. The summed E-state index contributed by atoms with van der Waals surface area (Å²) >= 11 is 0. The lowest BCUT2D eigenvalue weighted by Gasteiger charge is -2.12. The van der Waals surface area contributed by atoms with E-state index in [0.717, 1.165) is 11.5 Å². The van der Waals surface area contributed by atoms with Crippen molar-refractivity contribution in [1.29, 1.82) is 0 Å². The van der Waals surface area contributed by atoms with Gasteiger partial charge in [-0.15, -0.1) is 34.2 Å². The summed E-state index contributed by atoms with van der Waals surface area (Å²) in [6.07, 6.45) is 1.90. The van der Waals surface area contributed by atoms with Crippen LogP contribution < -0.4 is 16.0 Å². The first-order chi connectivity index (χ1) is 13.7. The molecule has 3 aromatic rings. The monoisotopic (exact) mass is 510 g/mol. The summed E-state index contributed by atoms with van der Waals surface area (Å²) in [5.74, 6) is 1.38. The van der Waals surface area contributed by atoms with Gasteiger partial charge in [0.25, 0.3) is 5.69 Å². The Kier molecular flexibility index (Phi) is 8.58. The lowest BCUT2D eigenvalue weighted by molar-refractivity contribution is -0.384. The molecular weight excluding hydrogens is 487 g/mol. The van der Waals surface area contributed by atoms with Crippen LogP contribution in [-0.4, -0.2) is 45.1 Å². The number of aliphatic imine (C=N–C) groups is 1. The predicted octanol–water partition coefficient (Wildman–Crippen LogP) is 2.42. The van der Waals surface area contributed by atoms with E-state index in [2.05, 4.69) is 31.1 Å². The minimum absolute atomic E-state index is 0. The van der Waals surface area contributed by atoms with E-state index in [0.29, 0.717) is 37.8 Å². The fourth-order valence-electron chi connectivity index (χ4n) is 2.65. The third-order valence-corrected chi connectivity index (χ3v) is 3.94. The number of para-hydroxylation sites is 2. The van der Waals surface area contributed by atoms with Crippen molar-refractivity contribution in [2.24, 2.45) is 4.99 Å². The molecule has 10 nitrogen and oxygen atoms in total. The minimum atomic E-state index is -0.399. The van der Waals surface area contributed by atoms with Crippen LogP contribution in [0.25, 0.3) is 5.65 Å². The Morgan fingerprint density at radius 1 is 1.14 bits per heavy atom. The van der Waals surface area contributed by atoms with Crippen molar-refractivity contribution in [1.82, 2.24) is 25.2 Å². The summed E-state index contributed by atoms with van der Waals surface area (Å²) in [6, 6.07) is 12.3. The maximum absolute atomic E-state index is 11.0. The van der Waals surface area contributed by atoms with Gasteiger partial charge in [-0.25, -0.2) is 4.99 Å². The molecule has 0 atom stereocenters. The van der Waals surface area contributed by atoms with E-state index in [9.17, 15) is 10.1 Å². The summed E-state index contributed by atoms with van der Waals surface area (Å²) in [4.78, 5) is 15.2. The Morgan fingerprint density at radius 2 is 1.93 bits per heavy atom. The van der Waals surface area contributed by atoms with Gasteiger partial charge < -0.3 is 16.0 Å². The Morgan fingerprint density at radius 3 is 2.72 bits per heavy atom. The zero-order chi connectivity index (χ0) is 19.8. The smallest absolute Gasteiger partial charge is 0.292 e. The Bertz CT molecular complexity index is 975. The second-order valence-corrected chi connectivity index (χ2v) is 5.87. The van der Waals surface area contributed by atoms with E-state index in [-0.39, 0.29) is 29.7 Å². The maximum atomic E-state index is 11.0. The van der Waals surface area contributed by atoms with Crippen molar-refractivity contribution in [2.45, 2.75) is 13.5 Å². The number of guanidine groups is 1. The zero-order valence-corrected chi connectivity index (χ0v) is 18.2. The van der Waals surface area contributed by atoms with E-state index in [4.69, 9.17) is 0 Å². The molecule has 3 rings (SSSR count). The first-order valence-electron chi connectivity index (χ1n) is 8.97. The van der Waals surface area contributed by atoms with E-state index in [1.165, 1.54) is 6.07 Å². The number of nitro groups is 1. The average Bonchev–Trinajstić information content (AvgIpc) is 3.12. The van der Waals surface area contributed by atoms with Crippen molar-refractivity contribution in [2.75, 3.05) is 25.0 Å². The number of hydrogen-bond donors (Lipinski definition) is 3. The number of rotatable bonds is 8. The molecule has 0 bridgehead atoms. The van der Waals surface area contributed by atoms with Crippen LogP contribution in [0.2, 0.25) is 0 Å². The van der Waals surface area contributed by atoms with E-state index < -0.39 is 4.92 Å². The average molecular weight is 510 g/mol. The van der Waals surface area contributed by atoms with E-state index in [1.54, 1.807) is 18.2 Å². The fraction of sp³-hybridized carbons (Fsp3) is 0.278. The SMILES string of the molecule is CCNC(=NCc1nnc2ccccn12)NCCNc1ccccc1[N+](=O)[O-].I. The van der Waals surface area contributed by atoms with Gasteiger partial charge in [0.2, 0.25) is 0 Å². The molecule has 29 heavy (non-hydrogen) atoms. The molecular formula is C18H23IN8O2. The maximum Gasteiger partial charge on any atom is 0.292 e. The lowest BCUT2D eigenvalue weighted by atomic mass is 10.2. The molecule has 0 fully saturated rings. The van der Waals surface area contributed by atoms with Gasteiger partial charge in [0.15, 0.2) is 17.4 Å². The quantitative estimate of drug-likeness (QED) is 0.106. The van der Waals surface area contributed by atoms with Crippen molar-refractivity contribution in [3.05, 3.63) is 64.6 Å². The summed E-state index contributed by atoms with van der Waals surface area (Å²) in [7, 11) is 0. The highest BCUT2D eigenvalue weighted by atomic mass is 127. The number of nitrogens with zero attached hydrogens (tertiary/aromatic N) is 5. The molecule has 0 radical (unpaired) electrons. The van der Waals surface area contributed by atoms with Gasteiger partial charge in [0.1, 0.15) is 12.2 Å². The van der Waals surface area contributed by atoms with Crippen LogP contribution >= 0.6 is 24.0 Å². The Hall–Kier alpha value is -2.96. The molecule has 11 heteroatoms. The van der Waals surface area contributed by atoms with Gasteiger partial charge in [0, 0.05) is 31.9 Å². The predicted molar refractivity (Wildman–Crippen MR) is 123 cm³/mol. The van der Waals surface area contributed by atoms with E-state index in [1.807, 2.05) is 35.7 Å². The van der Waals surface area contributed by atoms with Gasteiger partial charge in [-0.05, 0) is 25.1 Å². The van der Waals surface area contributed by atoms with Gasteiger partial charge in [-0.1, -0.05) is 18.2 Å². The van der Waals surface area contributed by atoms with Crippen LogP contribution in [0.4, 0.5) is 11.4 Å². The first-order valence-corrected chi connectivity index (χ1v) is 8.97.